The number of hydrogen-bond donors (Lipinski definition) is 0. The number of aromatic nitrogens is 5. The van der Waals surface area contributed by atoms with E-state index in [1.807, 2.05) is 16.5 Å². The largest absolute Gasteiger partial charge is 0.476 e. The van der Waals surface area contributed by atoms with E-state index in [4.69, 9.17) is 14.5 Å². The van der Waals surface area contributed by atoms with E-state index < -0.39 is 11.9 Å². The average Bonchev–Trinajstić information content (AvgIpc) is 3.46. The summed E-state index contributed by atoms with van der Waals surface area (Å²) in [7, 11) is 0. The quantitative estimate of drug-likeness (QED) is 0.516. The summed E-state index contributed by atoms with van der Waals surface area (Å²) in [4.78, 5) is 17.1. The predicted octanol–water partition coefficient (Wildman–Crippen LogP) is 4.05. The molecule has 3 aromatic rings. The van der Waals surface area contributed by atoms with E-state index in [1.54, 1.807) is 12.3 Å². The van der Waals surface area contributed by atoms with Crippen LogP contribution in [0.25, 0.3) is 11.0 Å². The lowest BCUT2D eigenvalue weighted by molar-refractivity contribution is -0.141. The topological polar surface area (TPSA) is 81.4 Å². The average molecular weight is 504 g/mol. The Kier molecular flexibility index (Phi) is 5.66. The summed E-state index contributed by atoms with van der Waals surface area (Å²) < 4.78 is 52.7. The summed E-state index contributed by atoms with van der Waals surface area (Å²) in [5.74, 6) is 1.14. The second-order valence-electron chi connectivity index (χ2n) is 9.84. The van der Waals surface area contributed by atoms with Gasteiger partial charge in [0, 0.05) is 56.3 Å². The summed E-state index contributed by atoms with van der Waals surface area (Å²) in [6, 6.07) is 2.76. The molecule has 1 atom stereocenters. The second kappa shape index (κ2) is 8.75. The van der Waals surface area contributed by atoms with E-state index >= 15 is 0 Å². The van der Waals surface area contributed by atoms with E-state index in [2.05, 4.69) is 20.0 Å². The highest BCUT2D eigenvalue weighted by atomic mass is 19.4. The van der Waals surface area contributed by atoms with Gasteiger partial charge in [-0.1, -0.05) is 0 Å². The lowest BCUT2D eigenvalue weighted by Gasteiger charge is -2.49. The molecule has 0 aliphatic carbocycles. The van der Waals surface area contributed by atoms with E-state index in [0.717, 1.165) is 50.2 Å². The molecule has 0 radical (unpaired) electrons. The van der Waals surface area contributed by atoms with E-state index in [-0.39, 0.29) is 11.6 Å². The van der Waals surface area contributed by atoms with Gasteiger partial charge >= 0.3 is 6.18 Å². The number of ether oxygens (including phenoxy) is 2. The summed E-state index contributed by atoms with van der Waals surface area (Å²) in [5, 5.41) is 5.41. The van der Waals surface area contributed by atoms with Crippen LogP contribution in [0, 0.1) is 5.41 Å². The first-order valence-corrected chi connectivity index (χ1v) is 12.4. The Morgan fingerprint density at radius 1 is 1.17 bits per heavy atom. The Morgan fingerprint density at radius 3 is 2.75 bits per heavy atom. The Morgan fingerprint density at radius 2 is 2.00 bits per heavy atom. The fourth-order valence-electron chi connectivity index (χ4n) is 5.48. The SMILES string of the molecule is CCOc1nn(C2CCCCO2)c2nc(N3CCC4(CN(c5ccnc(C(F)(F)F)c5)C4)C3)ncc12. The number of rotatable bonds is 5. The fourth-order valence-corrected chi connectivity index (χ4v) is 5.48. The van der Waals surface area contributed by atoms with Gasteiger partial charge in [0.25, 0.3) is 0 Å². The molecule has 3 aliphatic rings. The predicted molar refractivity (Wildman–Crippen MR) is 126 cm³/mol. The first-order chi connectivity index (χ1) is 17.4. The van der Waals surface area contributed by atoms with Crippen LogP contribution in [0.2, 0.25) is 0 Å². The zero-order valence-corrected chi connectivity index (χ0v) is 20.0. The molecule has 12 heteroatoms. The van der Waals surface area contributed by atoms with Crippen molar-refractivity contribution in [3.63, 3.8) is 0 Å². The van der Waals surface area contributed by atoms with Crippen molar-refractivity contribution in [1.82, 2.24) is 24.7 Å². The van der Waals surface area contributed by atoms with Gasteiger partial charge in [-0.2, -0.15) is 18.2 Å². The lowest BCUT2D eigenvalue weighted by atomic mass is 9.79. The minimum Gasteiger partial charge on any atom is -0.476 e. The summed E-state index contributed by atoms with van der Waals surface area (Å²) >= 11 is 0. The van der Waals surface area contributed by atoms with E-state index in [1.165, 1.54) is 6.20 Å². The molecule has 6 heterocycles. The molecule has 3 aliphatic heterocycles. The number of alkyl halides is 3. The van der Waals surface area contributed by atoms with Crippen LogP contribution in [0.3, 0.4) is 0 Å². The van der Waals surface area contributed by atoms with Gasteiger partial charge in [0.05, 0.1) is 6.61 Å². The van der Waals surface area contributed by atoms with Crippen LogP contribution in [0.1, 0.15) is 44.5 Å². The van der Waals surface area contributed by atoms with Crippen molar-refractivity contribution in [1.29, 1.82) is 0 Å². The van der Waals surface area contributed by atoms with Gasteiger partial charge in [-0.15, -0.1) is 5.10 Å². The first kappa shape index (κ1) is 23.3. The first-order valence-electron chi connectivity index (χ1n) is 12.4. The zero-order chi connectivity index (χ0) is 24.9. The van der Waals surface area contributed by atoms with Crippen molar-refractivity contribution in [2.75, 3.05) is 49.2 Å². The Hall–Kier alpha value is -3.15. The molecular formula is C24H28F3N7O2. The van der Waals surface area contributed by atoms with Crippen molar-refractivity contribution in [2.24, 2.45) is 5.41 Å². The maximum Gasteiger partial charge on any atom is 0.433 e. The Balaban J connectivity index is 1.20. The summed E-state index contributed by atoms with van der Waals surface area (Å²) in [6.07, 6.45) is 2.28. The second-order valence-corrected chi connectivity index (χ2v) is 9.84. The number of anilines is 2. The minimum atomic E-state index is -4.45. The monoisotopic (exact) mass is 503 g/mol. The molecule has 1 unspecified atom stereocenters. The fraction of sp³-hybridized carbons (Fsp3) is 0.583. The highest BCUT2D eigenvalue weighted by molar-refractivity contribution is 5.81. The molecule has 0 N–H and O–H groups in total. The Bertz CT molecular complexity index is 1250. The Labute approximate surface area is 206 Å². The maximum atomic E-state index is 13.1. The van der Waals surface area contributed by atoms with Crippen molar-refractivity contribution in [3.8, 4) is 5.88 Å². The van der Waals surface area contributed by atoms with Gasteiger partial charge < -0.3 is 19.3 Å². The van der Waals surface area contributed by atoms with Crippen LogP contribution in [0.5, 0.6) is 5.88 Å². The molecule has 3 saturated heterocycles. The van der Waals surface area contributed by atoms with Gasteiger partial charge in [0.15, 0.2) is 11.9 Å². The molecule has 1 spiro atoms. The van der Waals surface area contributed by atoms with Crippen molar-refractivity contribution in [3.05, 3.63) is 30.2 Å². The molecule has 192 valence electrons. The molecule has 0 saturated carbocycles. The molecule has 3 aromatic heterocycles. The van der Waals surface area contributed by atoms with Crippen LogP contribution in [-0.2, 0) is 10.9 Å². The third kappa shape index (κ3) is 4.10. The molecule has 3 fully saturated rings. The van der Waals surface area contributed by atoms with Crippen LogP contribution >= 0.6 is 0 Å². The van der Waals surface area contributed by atoms with Gasteiger partial charge in [-0.05, 0) is 44.7 Å². The molecule has 0 aromatic carbocycles. The standard InChI is InChI=1S/C24H28F3N7O2/c1-2-35-21-17-12-29-22(30-20(17)34(31-21)19-5-3-4-10-36-19)32-9-7-23(13-32)14-33(15-23)16-6-8-28-18(11-16)24(25,26)27/h6,8,11-12,19H,2-5,7,9-10,13-15H2,1H3. The van der Waals surface area contributed by atoms with Gasteiger partial charge in [-0.3, -0.25) is 4.98 Å². The van der Waals surface area contributed by atoms with Crippen LogP contribution in [0.15, 0.2) is 24.5 Å². The highest BCUT2D eigenvalue weighted by Crippen LogP contribution is 2.43. The molecule has 9 nitrogen and oxygen atoms in total. The molecule has 0 bridgehead atoms. The number of nitrogens with zero attached hydrogens (tertiary/aromatic N) is 7. The highest BCUT2D eigenvalue weighted by Gasteiger charge is 2.48. The van der Waals surface area contributed by atoms with Gasteiger partial charge in [0.1, 0.15) is 11.1 Å². The van der Waals surface area contributed by atoms with Gasteiger partial charge in [0.2, 0.25) is 11.8 Å². The third-order valence-electron chi connectivity index (χ3n) is 7.28. The number of fused-ring (bicyclic) bond motifs is 1. The van der Waals surface area contributed by atoms with Crippen molar-refractivity contribution >= 4 is 22.7 Å². The summed E-state index contributed by atoms with van der Waals surface area (Å²) in [5.41, 5.74) is 0.394. The molecular weight excluding hydrogens is 475 g/mol. The smallest absolute Gasteiger partial charge is 0.433 e. The lowest BCUT2D eigenvalue weighted by Crippen LogP contribution is -2.57. The van der Waals surface area contributed by atoms with Crippen molar-refractivity contribution < 1.29 is 22.6 Å². The van der Waals surface area contributed by atoms with Crippen molar-refractivity contribution in [2.45, 2.75) is 45.0 Å². The minimum absolute atomic E-state index is 0.00316. The van der Waals surface area contributed by atoms with Crippen LogP contribution < -0.4 is 14.5 Å². The molecule has 36 heavy (non-hydrogen) atoms. The normalized spacial score (nSPS) is 21.8. The maximum absolute atomic E-state index is 13.1. The van der Waals surface area contributed by atoms with E-state index in [0.29, 0.717) is 49.5 Å². The molecule has 0 amide bonds. The molecule has 6 rings (SSSR count). The van der Waals surface area contributed by atoms with Crippen LogP contribution in [0.4, 0.5) is 24.8 Å². The van der Waals surface area contributed by atoms with Gasteiger partial charge in [-0.25, -0.2) is 9.67 Å². The zero-order valence-electron chi connectivity index (χ0n) is 20.0. The third-order valence-corrected chi connectivity index (χ3v) is 7.28. The van der Waals surface area contributed by atoms with Crippen LogP contribution in [-0.4, -0.2) is 64.1 Å². The number of halogens is 3. The van der Waals surface area contributed by atoms with E-state index in [9.17, 15) is 13.2 Å². The summed E-state index contributed by atoms with van der Waals surface area (Å²) in [6.45, 7) is 6.02. The number of hydrogen-bond acceptors (Lipinski definition) is 8. The number of pyridine rings is 1.